The first-order chi connectivity index (χ1) is 16.2. The molecule has 0 bridgehead atoms. The van der Waals surface area contributed by atoms with Gasteiger partial charge in [0, 0.05) is 0 Å². The summed E-state index contributed by atoms with van der Waals surface area (Å²) in [6.07, 6.45) is 2.02. The Morgan fingerprint density at radius 3 is 2.11 bits per heavy atom. The number of nitrogens with one attached hydrogen (secondary N) is 4. The van der Waals surface area contributed by atoms with E-state index < -0.39 is 62.8 Å². The number of alkyl carbamates (subject to hydrolysis) is 1. The Morgan fingerprint density at radius 2 is 1.60 bits per heavy atom. The van der Waals surface area contributed by atoms with Gasteiger partial charge in [0.05, 0.1) is 0 Å². The fraction of sp³-hybridized carbons (Fsp3) is 0.773. The fourth-order valence-electron chi connectivity index (χ4n) is 2.64. The molecule has 0 aromatic heterocycles. The molecule has 35 heavy (non-hydrogen) atoms. The van der Waals surface area contributed by atoms with Crippen molar-refractivity contribution in [3.05, 3.63) is 0 Å². The zero-order chi connectivity index (χ0) is 27.2. The zero-order valence-corrected chi connectivity index (χ0v) is 24.3. The predicted octanol–water partition coefficient (Wildman–Crippen LogP) is 0.577. The molecule has 202 valence electrons. The van der Waals surface area contributed by atoms with Gasteiger partial charge in [-0.1, -0.05) is 0 Å². The number of hydrogen-bond acceptors (Lipinski definition) is 9. The minimum absolute atomic E-state index is 0.116. The molecule has 0 radical (unpaired) electrons. The molecule has 0 rings (SSSR count). The van der Waals surface area contributed by atoms with Crippen molar-refractivity contribution in [3.63, 3.8) is 0 Å². The first-order valence-electron chi connectivity index (χ1n) is 11.3. The van der Waals surface area contributed by atoms with Crippen LogP contribution in [0.3, 0.4) is 0 Å². The quantitative estimate of drug-likeness (QED) is 0.160. The normalized spacial score (nSPS) is 13.9. The second-order valence-electron chi connectivity index (χ2n) is 9.23. The number of thioether (sulfide) groups is 1. The van der Waals surface area contributed by atoms with Crippen molar-refractivity contribution in [3.8, 4) is 0 Å². The van der Waals surface area contributed by atoms with Crippen molar-refractivity contribution in [2.75, 3.05) is 25.7 Å². The summed E-state index contributed by atoms with van der Waals surface area (Å²) in [5.74, 6) is -0.676. The summed E-state index contributed by atoms with van der Waals surface area (Å²) >= 11 is 0.753. The van der Waals surface area contributed by atoms with Crippen LogP contribution in [0.25, 0.3) is 0 Å². The van der Waals surface area contributed by atoms with Crippen LogP contribution in [-0.2, 0) is 28.7 Å². The molecule has 0 spiro atoms. The van der Waals surface area contributed by atoms with Gasteiger partial charge in [-0.3, -0.25) is 0 Å². The molecular formula is C22H40N4O7SSe. The number of amides is 3. The van der Waals surface area contributed by atoms with Gasteiger partial charge in [-0.2, -0.15) is 0 Å². The summed E-state index contributed by atoms with van der Waals surface area (Å²) in [6, 6.07) is -2.33. The van der Waals surface area contributed by atoms with Crippen LogP contribution in [0.15, 0.2) is 0 Å². The molecular weight excluding hydrogens is 543 g/mol. The maximum atomic E-state index is 12.6. The summed E-state index contributed by atoms with van der Waals surface area (Å²) < 4.78 is 12.5. The van der Waals surface area contributed by atoms with Gasteiger partial charge < -0.3 is 0 Å². The van der Waals surface area contributed by atoms with E-state index in [2.05, 4.69) is 25.0 Å². The molecule has 0 aliphatic carbocycles. The van der Waals surface area contributed by atoms with Crippen LogP contribution in [0, 0.1) is 5.92 Å². The van der Waals surface area contributed by atoms with E-state index >= 15 is 0 Å². The minimum atomic E-state index is -0.849. The van der Waals surface area contributed by atoms with Gasteiger partial charge in [0.2, 0.25) is 0 Å². The van der Waals surface area contributed by atoms with Gasteiger partial charge in [-0.25, -0.2) is 0 Å². The molecule has 0 aromatic rings. The molecule has 4 N–H and O–H groups in total. The molecule has 0 saturated carbocycles. The van der Waals surface area contributed by atoms with Crippen LogP contribution in [0.5, 0.6) is 0 Å². The molecule has 0 saturated heterocycles. The Bertz CT molecular complexity index is 731. The summed E-state index contributed by atoms with van der Waals surface area (Å²) in [6.45, 7) is 10.3. The third-order valence-corrected chi connectivity index (χ3v) is 6.55. The molecule has 3 atom stereocenters. The molecule has 0 aliphatic heterocycles. The number of rotatable bonds is 15. The van der Waals surface area contributed by atoms with Crippen LogP contribution in [0.4, 0.5) is 4.79 Å². The van der Waals surface area contributed by atoms with Crippen molar-refractivity contribution < 1.29 is 33.4 Å². The van der Waals surface area contributed by atoms with Crippen molar-refractivity contribution in [2.45, 2.75) is 78.1 Å². The van der Waals surface area contributed by atoms with E-state index in [9.17, 15) is 24.0 Å². The molecule has 0 heterocycles. The van der Waals surface area contributed by atoms with E-state index in [4.69, 9.17) is 4.74 Å². The Kier molecular flexibility index (Phi) is 15.9. The van der Waals surface area contributed by atoms with Gasteiger partial charge in [0.15, 0.2) is 0 Å². The molecule has 0 fully saturated rings. The summed E-state index contributed by atoms with van der Waals surface area (Å²) in [5, 5.41) is 7.69. The standard InChI is InChI=1S/C22H40N4O7SSe/c1-13(2)11-16(25-21(31)33-22(4,5)6)18(28)23-12-17(27)35-26-15(9-10-34-8)19(29)24-14(3)20(30)32-7/h13-16,26H,9-12H2,1-8H3,(H,23,28)(H,24,29)(H,25,31). The topological polar surface area (TPSA) is 152 Å². The molecule has 13 heteroatoms. The Labute approximate surface area is 218 Å². The number of carbonyl (C=O) groups excluding carboxylic acids is 5. The van der Waals surface area contributed by atoms with Crippen molar-refractivity contribution >= 4 is 55.5 Å². The number of carbonyl (C=O) groups is 5. The van der Waals surface area contributed by atoms with Crippen LogP contribution in [0.1, 0.15) is 54.4 Å². The monoisotopic (exact) mass is 584 g/mol. The summed E-state index contributed by atoms with van der Waals surface area (Å²) in [5.41, 5.74) is -0.707. The predicted molar refractivity (Wildman–Crippen MR) is 136 cm³/mol. The van der Waals surface area contributed by atoms with E-state index in [0.717, 1.165) is 0 Å². The van der Waals surface area contributed by atoms with Gasteiger partial charge in [-0.05, 0) is 0 Å². The molecule has 3 unspecified atom stereocenters. The maximum absolute atomic E-state index is 12.6. The number of ether oxygens (including phenoxy) is 2. The second kappa shape index (κ2) is 16.8. The SMILES string of the molecule is COC(=O)C(C)NC(=O)C(CCSC)N[Se]C(=O)CNC(=O)C(CC(C)C)NC(=O)OC(C)(C)C. The average molecular weight is 584 g/mol. The zero-order valence-electron chi connectivity index (χ0n) is 21.8. The second-order valence-corrected chi connectivity index (χ2v) is 12.1. The van der Waals surface area contributed by atoms with Gasteiger partial charge >= 0.3 is 219 Å². The van der Waals surface area contributed by atoms with E-state index in [1.165, 1.54) is 14.0 Å². The van der Waals surface area contributed by atoms with E-state index in [0.29, 0.717) is 18.6 Å². The van der Waals surface area contributed by atoms with Crippen LogP contribution in [-0.4, -0.2) is 93.1 Å². The third kappa shape index (κ3) is 15.7. The molecule has 11 nitrogen and oxygen atoms in total. The first-order valence-corrected chi connectivity index (χ1v) is 14.4. The van der Waals surface area contributed by atoms with E-state index in [1.807, 2.05) is 20.1 Å². The van der Waals surface area contributed by atoms with Crippen molar-refractivity contribution in [1.29, 1.82) is 0 Å². The van der Waals surface area contributed by atoms with Crippen LogP contribution >= 0.6 is 11.8 Å². The number of esters is 1. The molecule has 0 aromatic carbocycles. The Balaban J connectivity index is 4.88. The Hall–Kier alpha value is -1.82. The molecule has 3 amide bonds. The summed E-state index contributed by atoms with van der Waals surface area (Å²) in [7, 11) is 1.24. The first kappa shape index (κ1) is 33.2. The van der Waals surface area contributed by atoms with Gasteiger partial charge in [-0.15, -0.1) is 0 Å². The fourth-order valence-corrected chi connectivity index (χ4v) is 4.46. The molecule has 0 aliphatic rings. The third-order valence-electron chi connectivity index (χ3n) is 4.28. The number of methoxy groups -OCH3 is 1. The van der Waals surface area contributed by atoms with Crippen LogP contribution < -0.4 is 20.3 Å². The van der Waals surface area contributed by atoms with Gasteiger partial charge in [0.25, 0.3) is 0 Å². The van der Waals surface area contributed by atoms with E-state index in [-0.39, 0.29) is 17.1 Å². The van der Waals surface area contributed by atoms with E-state index in [1.54, 1.807) is 32.5 Å². The van der Waals surface area contributed by atoms with Crippen molar-refractivity contribution in [2.24, 2.45) is 5.92 Å². The number of hydrogen-bond donors (Lipinski definition) is 4. The average Bonchev–Trinajstić information content (AvgIpc) is 2.74. The summed E-state index contributed by atoms with van der Waals surface area (Å²) in [4.78, 5) is 61.2. The van der Waals surface area contributed by atoms with Gasteiger partial charge in [0.1, 0.15) is 0 Å². The Morgan fingerprint density at radius 1 is 0.971 bits per heavy atom. The van der Waals surface area contributed by atoms with Crippen molar-refractivity contribution in [1.82, 2.24) is 20.3 Å². The van der Waals surface area contributed by atoms with Crippen LogP contribution in [0.2, 0.25) is 0 Å².